The Morgan fingerprint density at radius 1 is 1.45 bits per heavy atom. The van der Waals surface area contributed by atoms with Crippen LogP contribution in [0.2, 0.25) is 0 Å². The number of carbonyl (C=O) groups is 1. The number of ether oxygens (including phenoxy) is 1. The molecule has 1 amide bonds. The van der Waals surface area contributed by atoms with E-state index in [1.54, 1.807) is 0 Å². The highest BCUT2D eigenvalue weighted by Crippen LogP contribution is 2.42. The van der Waals surface area contributed by atoms with E-state index < -0.39 is 6.10 Å². The average Bonchev–Trinajstić information content (AvgIpc) is 2.53. The number of hydrogen-bond acceptors (Lipinski definition) is 3. The minimum atomic E-state index is -0.479. The van der Waals surface area contributed by atoms with Gasteiger partial charge < -0.3 is 15.2 Å². The zero-order valence-corrected chi connectivity index (χ0v) is 14.0. The molecule has 0 saturated heterocycles. The van der Waals surface area contributed by atoms with Gasteiger partial charge in [-0.15, -0.1) is 0 Å². The van der Waals surface area contributed by atoms with E-state index >= 15 is 0 Å². The fraction of sp³-hybridized carbons (Fsp3) is 0.611. The van der Waals surface area contributed by atoms with Crippen molar-refractivity contribution >= 4 is 5.91 Å². The van der Waals surface area contributed by atoms with Crippen LogP contribution in [-0.2, 0) is 4.79 Å². The Kier molecular flexibility index (Phi) is 5.12. The smallest absolute Gasteiger partial charge is 0.220 e. The Labute approximate surface area is 132 Å². The molecule has 3 unspecified atom stereocenters. The topological polar surface area (TPSA) is 58.6 Å². The molecule has 1 aliphatic rings. The van der Waals surface area contributed by atoms with Crippen LogP contribution in [0.3, 0.4) is 0 Å². The summed E-state index contributed by atoms with van der Waals surface area (Å²) in [6.07, 6.45) is 2.27. The van der Waals surface area contributed by atoms with Crippen molar-refractivity contribution < 1.29 is 14.6 Å². The third-order valence-electron chi connectivity index (χ3n) is 4.58. The summed E-state index contributed by atoms with van der Waals surface area (Å²) in [7, 11) is 0. The lowest BCUT2D eigenvalue weighted by Crippen LogP contribution is -2.42. The van der Waals surface area contributed by atoms with E-state index in [4.69, 9.17) is 4.74 Å². The fourth-order valence-electron chi connectivity index (χ4n) is 2.87. The maximum Gasteiger partial charge on any atom is 0.220 e. The average molecular weight is 305 g/mol. The van der Waals surface area contributed by atoms with Crippen molar-refractivity contribution in [1.29, 1.82) is 0 Å². The second-order valence-corrected chi connectivity index (χ2v) is 6.30. The Balaban J connectivity index is 2.39. The van der Waals surface area contributed by atoms with Crippen LogP contribution in [0.5, 0.6) is 5.75 Å². The van der Waals surface area contributed by atoms with Crippen molar-refractivity contribution in [3.63, 3.8) is 0 Å². The van der Waals surface area contributed by atoms with Crippen LogP contribution in [0, 0.1) is 0 Å². The Morgan fingerprint density at radius 2 is 2.18 bits per heavy atom. The molecule has 3 atom stereocenters. The minimum Gasteiger partial charge on any atom is -0.487 e. The summed E-state index contributed by atoms with van der Waals surface area (Å²) in [5.74, 6) is 0.849. The number of nitrogens with one attached hydrogen (secondary N) is 1. The highest BCUT2D eigenvalue weighted by molar-refractivity contribution is 5.76. The van der Waals surface area contributed by atoms with Crippen molar-refractivity contribution in [3.05, 3.63) is 29.3 Å². The molecular formula is C18H27NO3. The molecule has 0 radical (unpaired) electrons. The first-order valence-corrected chi connectivity index (χ1v) is 8.22. The second kappa shape index (κ2) is 6.69. The molecule has 2 rings (SSSR count). The number of hydrogen-bond donors (Lipinski definition) is 2. The van der Waals surface area contributed by atoms with E-state index in [-0.39, 0.29) is 17.6 Å². The molecule has 0 aromatic heterocycles. The summed E-state index contributed by atoms with van der Waals surface area (Å²) in [4.78, 5) is 11.9. The van der Waals surface area contributed by atoms with Gasteiger partial charge in [-0.3, -0.25) is 4.79 Å². The van der Waals surface area contributed by atoms with Crippen LogP contribution >= 0.6 is 0 Å². The van der Waals surface area contributed by atoms with Crippen molar-refractivity contribution in [2.75, 3.05) is 0 Å². The highest BCUT2D eigenvalue weighted by atomic mass is 16.5. The molecule has 4 heteroatoms. The van der Waals surface area contributed by atoms with Gasteiger partial charge in [0.15, 0.2) is 0 Å². The number of fused-ring (bicyclic) bond motifs is 1. The number of rotatable bonds is 5. The molecule has 1 aromatic rings. The van der Waals surface area contributed by atoms with Crippen molar-refractivity contribution in [2.24, 2.45) is 0 Å². The maximum atomic E-state index is 11.9. The lowest BCUT2D eigenvalue weighted by Gasteiger charge is -2.40. The van der Waals surface area contributed by atoms with Gasteiger partial charge in [-0.05, 0) is 37.5 Å². The first-order valence-electron chi connectivity index (χ1n) is 8.22. The van der Waals surface area contributed by atoms with E-state index in [0.29, 0.717) is 12.8 Å². The molecule has 1 aromatic carbocycles. The van der Waals surface area contributed by atoms with Crippen LogP contribution in [0.1, 0.15) is 76.7 Å². The van der Waals surface area contributed by atoms with Gasteiger partial charge in [0.25, 0.3) is 0 Å². The van der Waals surface area contributed by atoms with E-state index in [2.05, 4.69) is 19.2 Å². The van der Waals surface area contributed by atoms with E-state index in [1.165, 1.54) is 0 Å². The number of benzene rings is 1. The SMILES string of the molecule is CCC(=O)NC1CC(C)(CC)Oc2ccc(C(O)CC)cc21. The van der Waals surface area contributed by atoms with Crippen LogP contribution in [-0.4, -0.2) is 16.6 Å². The van der Waals surface area contributed by atoms with Gasteiger partial charge in [0, 0.05) is 18.4 Å². The summed E-state index contributed by atoms with van der Waals surface area (Å²) in [6.45, 7) is 7.98. The molecule has 2 N–H and O–H groups in total. The van der Waals surface area contributed by atoms with Gasteiger partial charge in [-0.1, -0.05) is 26.8 Å². The monoisotopic (exact) mass is 305 g/mol. The van der Waals surface area contributed by atoms with E-state index in [1.807, 2.05) is 32.0 Å². The summed E-state index contributed by atoms with van der Waals surface area (Å²) in [6, 6.07) is 5.74. The molecule has 0 saturated carbocycles. The molecule has 1 aliphatic heterocycles. The molecule has 122 valence electrons. The van der Waals surface area contributed by atoms with Crippen molar-refractivity contribution in [2.45, 2.75) is 71.1 Å². The normalized spacial score (nSPS) is 25.0. The summed E-state index contributed by atoms with van der Waals surface area (Å²) in [5.41, 5.74) is 1.57. The standard InChI is InChI=1S/C18H27NO3/c1-5-15(20)12-8-9-16-13(10-12)14(19-17(21)6-2)11-18(4,7-3)22-16/h8-10,14-15,20H,5-7,11H2,1-4H3,(H,19,21). The Hall–Kier alpha value is -1.55. The molecule has 1 heterocycles. The predicted octanol–water partition coefficient (Wildman–Crippen LogP) is 3.65. The van der Waals surface area contributed by atoms with Crippen LogP contribution in [0.15, 0.2) is 18.2 Å². The van der Waals surface area contributed by atoms with E-state index in [9.17, 15) is 9.90 Å². The van der Waals surface area contributed by atoms with Crippen molar-refractivity contribution in [3.8, 4) is 5.75 Å². The first-order chi connectivity index (χ1) is 10.4. The number of aliphatic hydroxyl groups is 1. The molecule has 0 aliphatic carbocycles. The first kappa shape index (κ1) is 16.8. The lowest BCUT2D eigenvalue weighted by molar-refractivity contribution is -0.122. The fourth-order valence-corrected chi connectivity index (χ4v) is 2.87. The largest absolute Gasteiger partial charge is 0.487 e. The van der Waals surface area contributed by atoms with Crippen molar-refractivity contribution in [1.82, 2.24) is 5.32 Å². The number of carbonyl (C=O) groups excluding carboxylic acids is 1. The third-order valence-corrected chi connectivity index (χ3v) is 4.58. The van der Waals surface area contributed by atoms with Crippen LogP contribution in [0.25, 0.3) is 0 Å². The molecule has 4 nitrogen and oxygen atoms in total. The summed E-state index contributed by atoms with van der Waals surface area (Å²) < 4.78 is 6.15. The number of amides is 1. The van der Waals surface area contributed by atoms with Gasteiger partial charge >= 0.3 is 0 Å². The van der Waals surface area contributed by atoms with Gasteiger partial charge in [0.05, 0.1) is 12.1 Å². The Morgan fingerprint density at radius 3 is 2.77 bits per heavy atom. The lowest BCUT2D eigenvalue weighted by atomic mass is 9.85. The van der Waals surface area contributed by atoms with Gasteiger partial charge in [0.1, 0.15) is 11.4 Å². The Bertz CT molecular complexity index is 543. The van der Waals surface area contributed by atoms with Gasteiger partial charge in [-0.2, -0.15) is 0 Å². The van der Waals surface area contributed by atoms with Gasteiger partial charge in [0.2, 0.25) is 5.91 Å². The predicted molar refractivity (Wildman–Crippen MR) is 86.8 cm³/mol. The zero-order chi connectivity index (χ0) is 16.3. The molecule has 0 bridgehead atoms. The van der Waals surface area contributed by atoms with Crippen LogP contribution in [0.4, 0.5) is 0 Å². The molecule has 0 fully saturated rings. The molecule has 22 heavy (non-hydrogen) atoms. The quantitative estimate of drug-likeness (QED) is 0.873. The third kappa shape index (κ3) is 3.43. The highest BCUT2D eigenvalue weighted by Gasteiger charge is 2.36. The van der Waals surface area contributed by atoms with E-state index in [0.717, 1.165) is 29.7 Å². The van der Waals surface area contributed by atoms with Crippen LogP contribution < -0.4 is 10.1 Å². The summed E-state index contributed by atoms with van der Waals surface area (Å²) in [5, 5.41) is 13.2. The van der Waals surface area contributed by atoms with Gasteiger partial charge in [-0.25, -0.2) is 0 Å². The number of aliphatic hydroxyl groups excluding tert-OH is 1. The summed E-state index contributed by atoms with van der Waals surface area (Å²) >= 11 is 0. The molecule has 0 spiro atoms. The molecular weight excluding hydrogens is 278 g/mol. The zero-order valence-electron chi connectivity index (χ0n) is 14.0. The maximum absolute atomic E-state index is 11.9. The second-order valence-electron chi connectivity index (χ2n) is 6.30. The minimum absolute atomic E-state index is 0.0396.